The predicted octanol–water partition coefficient (Wildman–Crippen LogP) is 3.78. The first-order chi connectivity index (χ1) is 6.14. The molecule has 1 nitrogen and oxygen atoms in total. The SMILES string of the molecule is C[Si](C)(CCCCl)OC1CCCC1. The lowest BCUT2D eigenvalue weighted by molar-refractivity contribution is 0.199. The van der Waals surface area contributed by atoms with Gasteiger partial charge < -0.3 is 4.43 Å². The van der Waals surface area contributed by atoms with Crippen LogP contribution in [0.1, 0.15) is 32.1 Å². The number of alkyl halides is 1. The van der Waals surface area contributed by atoms with Crippen molar-refractivity contribution in [1.82, 2.24) is 0 Å². The molecular formula is C10H21ClOSi. The third-order valence-corrected chi connectivity index (χ3v) is 5.50. The Balaban J connectivity index is 2.23. The monoisotopic (exact) mass is 220 g/mol. The molecule has 0 bridgehead atoms. The minimum Gasteiger partial charge on any atom is -0.414 e. The lowest BCUT2D eigenvalue weighted by atomic mass is 10.3. The second-order valence-electron chi connectivity index (χ2n) is 4.58. The van der Waals surface area contributed by atoms with Crippen LogP contribution in [0, 0.1) is 0 Å². The van der Waals surface area contributed by atoms with Gasteiger partial charge in [-0.1, -0.05) is 12.8 Å². The molecule has 0 heterocycles. The average Bonchev–Trinajstić information content (AvgIpc) is 2.52. The van der Waals surface area contributed by atoms with Crippen molar-refractivity contribution in [3.8, 4) is 0 Å². The Morgan fingerprint density at radius 2 is 1.92 bits per heavy atom. The van der Waals surface area contributed by atoms with Crippen molar-refractivity contribution in [3.05, 3.63) is 0 Å². The molecule has 13 heavy (non-hydrogen) atoms. The van der Waals surface area contributed by atoms with Crippen LogP contribution in [-0.4, -0.2) is 20.3 Å². The molecule has 0 aromatic heterocycles. The maximum atomic E-state index is 6.18. The normalized spacial score (nSPS) is 19.6. The van der Waals surface area contributed by atoms with Gasteiger partial charge in [-0.3, -0.25) is 0 Å². The van der Waals surface area contributed by atoms with Crippen LogP contribution >= 0.6 is 11.6 Å². The molecule has 1 saturated carbocycles. The fourth-order valence-electron chi connectivity index (χ4n) is 2.01. The molecule has 0 aliphatic heterocycles. The molecule has 1 rings (SSSR count). The molecule has 1 fully saturated rings. The van der Waals surface area contributed by atoms with Gasteiger partial charge in [0.1, 0.15) is 0 Å². The van der Waals surface area contributed by atoms with Gasteiger partial charge in [0.05, 0.1) is 0 Å². The van der Waals surface area contributed by atoms with E-state index in [-0.39, 0.29) is 0 Å². The summed E-state index contributed by atoms with van der Waals surface area (Å²) < 4.78 is 6.18. The van der Waals surface area contributed by atoms with Crippen molar-refractivity contribution in [1.29, 1.82) is 0 Å². The van der Waals surface area contributed by atoms with Gasteiger partial charge in [0.2, 0.25) is 0 Å². The Hall–Kier alpha value is 0.467. The van der Waals surface area contributed by atoms with Crippen LogP contribution < -0.4 is 0 Å². The van der Waals surface area contributed by atoms with E-state index < -0.39 is 8.32 Å². The zero-order chi connectivity index (χ0) is 9.73. The number of hydrogen-bond acceptors (Lipinski definition) is 1. The van der Waals surface area contributed by atoms with E-state index in [1.807, 2.05) is 0 Å². The fraction of sp³-hybridized carbons (Fsp3) is 1.00. The molecule has 0 radical (unpaired) electrons. The Morgan fingerprint density at radius 1 is 1.31 bits per heavy atom. The van der Waals surface area contributed by atoms with E-state index in [0.717, 1.165) is 12.3 Å². The highest BCUT2D eigenvalue weighted by atomic mass is 35.5. The van der Waals surface area contributed by atoms with Crippen molar-refractivity contribution in [2.45, 2.75) is 57.3 Å². The molecule has 0 amide bonds. The molecule has 3 heteroatoms. The Morgan fingerprint density at radius 3 is 2.46 bits per heavy atom. The lowest BCUT2D eigenvalue weighted by Crippen LogP contribution is -2.34. The number of halogens is 1. The van der Waals surface area contributed by atoms with Crippen LogP contribution in [0.3, 0.4) is 0 Å². The molecule has 0 unspecified atom stereocenters. The second kappa shape index (κ2) is 5.37. The van der Waals surface area contributed by atoms with E-state index in [9.17, 15) is 0 Å². The predicted molar refractivity (Wildman–Crippen MR) is 61.0 cm³/mol. The standard InChI is InChI=1S/C10H21ClOSi/c1-13(2,9-5-8-11)12-10-6-3-4-7-10/h10H,3-9H2,1-2H3. The van der Waals surface area contributed by atoms with Crippen molar-refractivity contribution < 1.29 is 4.43 Å². The topological polar surface area (TPSA) is 9.23 Å². The highest BCUT2D eigenvalue weighted by molar-refractivity contribution is 6.71. The van der Waals surface area contributed by atoms with E-state index in [2.05, 4.69) is 13.1 Å². The van der Waals surface area contributed by atoms with E-state index in [4.69, 9.17) is 16.0 Å². The van der Waals surface area contributed by atoms with Crippen molar-refractivity contribution >= 4 is 19.9 Å². The van der Waals surface area contributed by atoms with Crippen LogP contribution in [0.15, 0.2) is 0 Å². The quantitative estimate of drug-likeness (QED) is 0.506. The van der Waals surface area contributed by atoms with Gasteiger partial charge >= 0.3 is 0 Å². The largest absolute Gasteiger partial charge is 0.414 e. The molecule has 78 valence electrons. The van der Waals surface area contributed by atoms with Crippen molar-refractivity contribution in [2.24, 2.45) is 0 Å². The number of hydrogen-bond donors (Lipinski definition) is 0. The van der Waals surface area contributed by atoms with Gasteiger partial charge in [-0.25, -0.2) is 0 Å². The van der Waals surface area contributed by atoms with E-state index in [1.54, 1.807) is 0 Å². The summed E-state index contributed by atoms with van der Waals surface area (Å²) in [6.45, 7) is 4.63. The molecule has 0 saturated heterocycles. The van der Waals surface area contributed by atoms with Crippen LogP contribution in [0.4, 0.5) is 0 Å². The molecule has 0 aromatic rings. The van der Waals surface area contributed by atoms with Crippen LogP contribution in [-0.2, 0) is 4.43 Å². The molecule has 0 spiro atoms. The average molecular weight is 221 g/mol. The van der Waals surface area contributed by atoms with Gasteiger partial charge in [-0.15, -0.1) is 11.6 Å². The van der Waals surface area contributed by atoms with Gasteiger partial charge in [-0.2, -0.15) is 0 Å². The zero-order valence-electron chi connectivity index (χ0n) is 8.81. The summed E-state index contributed by atoms with van der Waals surface area (Å²) in [6, 6.07) is 1.22. The third kappa shape index (κ3) is 4.48. The van der Waals surface area contributed by atoms with Gasteiger partial charge in [0.25, 0.3) is 0 Å². The summed E-state index contributed by atoms with van der Waals surface area (Å²) in [5.74, 6) is 0.782. The van der Waals surface area contributed by atoms with Gasteiger partial charge in [0.15, 0.2) is 8.32 Å². The molecule has 0 aromatic carbocycles. The summed E-state index contributed by atoms with van der Waals surface area (Å²) in [7, 11) is -1.37. The minimum absolute atomic E-state index is 0.581. The third-order valence-electron chi connectivity index (χ3n) is 2.70. The number of rotatable bonds is 5. The van der Waals surface area contributed by atoms with Crippen LogP contribution in [0.2, 0.25) is 19.1 Å². The molecule has 1 aliphatic carbocycles. The Labute approximate surface area is 87.9 Å². The summed E-state index contributed by atoms with van der Waals surface area (Å²) in [6.07, 6.45) is 7.01. The van der Waals surface area contributed by atoms with Crippen LogP contribution in [0.25, 0.3) is 0 Å². The first kappa shape index (κ1) is 11.5. The maximum absolute atomic E-state index is 6.18. The van der Waals surface area contributed by atoms with Crippen molar-refractivity contribution in [2.75, 3.05) is 5.88 Å². The first-order valence-electron chi connectivity index (χ1n) is 5.38. The molecular weight excluding hydrogens is 200 g/mol. The van der Waals surface area contributed by atoms with E-state index >= 15 is 0 Å². The highest BCUT2D eigenvalue weighted by Crippen LogP contribution is 2.26. The van der Waals surface area contributed by atoms with Crippen LogP contribution in [0.5, 0.6) is 0 Å². The molecule has 0 N–H and O–H groups in total. The summed E-state index contributed by atoms with van der Waals surface area (Å²) in [5, 5.41) is 0. The molecule has 0 atom stereocenters. The summed E-state index contributed by atoms with van der Waals surface area (Å²) in [5.41, 5.74) is 0. The van der Waals surface area contributed by atoms with Crippen molar-refractivity contribution in [3.63, 3.8) is 0 Å². The maximum Gasteiger partial charge on any atom is 0.187 e. The van der Waals surface area contributed by atoms with E-state index in [1.165, 1.54) is 31.7 Å². The summed E-state index contributed by atoms with van der Waals surface area (Å²) >= 11 is 5.69. The fourth-order valence-corrected chi connectivity index (χ4v) is 4.65. The van der Waals surface area contributed by atoms with Gasteiger partial charge in [-0.05, 0) is 38.4 Å². The Bertz CT molecular complexity index is 144. The first-order valence-corrected chi connectivity index (χ1v) is 9.03. The summed E-state index contributed by atoms with van der Waals surface area (Å²) in [4.78, 5) is 0. The van der Waals surface area contributed by atoms with E-state index in [0.29, 0.717) is 6.10 Å². The molecule has 1 aliphatic rings. The zero-order valence-corrected chi connectivity index (χ0v) is 10.6. The Kier molecular flexibility index (Phi) is 4.77. The highest BCUT2D eigenvalue weighted by Gasteiger charge is 2.27. The second-order valence-corrected chi connectivity index (χ2v) is 9.21. The smallest absolute Gasteiger partial charge is 0.187 e. The minimum atomic E-state index is -1.37. The van der Waals surface area contributed by atoms with Gasteiger partial charge in [0, 0.05) is 12.0 Å². The lowest BCUT2D eigenvalue weighted by Gasteiger charge is -2.26.